The smallest absolute Gasteiger partial charge is 0.0619 e. The van der Waals surface area contributed by atoms with Gasteiger partial charge < -0.3 is 10.1 Å². The predicted molar refractivity (Wildman–Crippen MR) is 81.2 cm³/mol. The number of rotatable bonds is 5. The number of nitrogens with zero attached hydrogens (tertiary/aromatic N) is 1. The largest absolute Gasteiger partial charge is 0.378 e. The number of aromatic nitrogens is 1. The molecule has 0 aromatic carbocycles. The molecule has 2 unspecified atom stereocenters. The van der Waals surface area contributed by atoms with Crippen LogP contribution in [0.25, 0.3) is 0 Å². The minimum Gasteiger partial charge on any atom is -0.378 e. The highest BCUT2D eigenvalue weighted by molar-refractivity contribution is 9.10. The molecule has 1 saturated heterocycles. The Kier molecular flexibility index (Phi) is 4.98. The summed E-state index contributed by atoms with van der Waals surface area (Å²) in [4.78, 5) is 4.27. The molecule has 3 nitrogen and oxygen atoms in total. The van der Waals surface area contributed by atoms with E-state index in [2.05, 4.69) is 53.1 Å². The Bertz CT molecular complexity index is 424. The maximum Gasteiger partial charge on any atom is 0.0619 e. The van der Waals surface area contributed by atoms with Crippen molar-refractivity contribution in [2.45, 2.75) is 45.8 Å². The molecule has 0 radical (unpaired) electrons. The van der Waals surface area contributed by atoms with Gasteiger partial charge in [-0.1, -0.05) is 13.8 Å². The number of nitrogens with one attached hydrogen (secondary N) is 1. The Labute approximate surface area is 124 Å². The number of ether oxygens (including phenoxy) is 1. The first-order chi connectivity index (χ1) is 9.02. The van der Waals surface area contributed by atoms with Crippen molar-refractivity contribution in [2.75, 3.05) is 13.2 Å². The van der Waals surface area contributed by atoms with Gasteiger partial charge in [-0.25, -0.2) is 0 Å². The van der Waals surface area contributed by atoms with E-state index in [4.69, 9.17) is 4.74 Å². The van der Waals surface area contributed by atoms with Crippen molar-refractivity contribution < 1.29 is 4.74 Å². The second-order valence-electron chi connectivity index (χ2n) is 5.85. The van der Waals surface area contributed by atoms with E-state index < -0.39 is 0 Å². The SMILES string of the molecule is CC(C)NCC1(Cc2cncc(Br)c2)CCOC1C. The Morgan fingerprint density at radius 3 is 2.89 bits per heavy atom. The molecule has 2 atom stereocenters. The molecule has 1 aromatic heterocycles. The Morgan fingerprint density at radius 2 is 2.32 bits per heavy atom. The maximum atomic E-state index is 5.83. The lowest BCUT2D eigenvalue weighted by molar-refractivity contribution is 0.0620. The molecule has 0 aliphatic carbocycles. The van der Waals surface area contributed by atoms with Crippen molar-refractivity contribution in [2.24, 2.45) is 5.41 Å². The van der Waals surface area contributed by atoms with Crippen LogP contribution in [-0.4, -0.2) is 30.3 Å². The molecule has 2 heterocycles. The van der Waals surface area contributed by atoms with Gasteiger partial charge in [-0.2, -0.15) is 0 Å². The fourth-order valence-corrected chi connectivity index (χ4v) is 3.12. The van der Waals surface area contributed by atoms with E-state index in [1.807, 2.05) is 12.4 Å². The highest BCUT2D eigenvalue weighted by atomic mass is 79.9. The summed E-state index contributed by atoms with van der Waals surface area (Å²) in [5.41, 5.74) is 1.46. The third kappa shape index (κ3) is 3.77. The van der Waals surface area contributed by atoms with Crippen LogP contribution in [0.1, 0.15) is 32.8 Å². The van der Waals surface area contributed by atoms with E-state index in [0.29, 0.717) is 6.04 Å². The fraction of sp³-hybridized carbons (Fsp3) is 0.667. The number of hydrogen-bond donors (Lipinski definition) is 1. The highest BCUT2D eigenvalue weighted by Gasteiger charge is 2.41. The van der Waals surface area contributed by atoms with Gasteiger partial charge in [0.05, 0.1) is 6.10 Å². The van der Waals surface area contributed by atoms with Gasteiger partial charge in [-0.05, 0) is 47.3 Å². The minimum atomic E-state index is 0.187. The molecule has 106 valence electrons. The summed E-state index contributed by atoms with van der Waals surface area (Å²) in [6.45, 7) is 8.44. The van der Waals surface area contributed by atoms with Crippen LogP contribution in [0.5, 0.6) is 0 Å². The molecule has 19 heavy (non-hydrogen) atoms. The van der Waals surface area contributed by atoms with Gasteiger partial charge in [0.25, 0.3) is 0 Å². The topological polar surface area (TPSA) is 34.2 Å². The second-order valence-corrected chi connectivity index (χ2v) is 6.76. The van der Waals surface area contributed by atoms with E-state index in [9.17, 15) is 0 Å². The maximum absolute atomic E-state index is 5.83. The number of pyridine rings is 1. The van der Waals surface area contributed by atoms with Crippen molar-refractivity contribution in [1.29, 1.82) is 0 Å². The molecular weight excluding hydrogens is 304 g/mol. The molecule has 0 amide bonds. The summed E-state index contributed by atoms with van der Waals surface area (Å²) in [6, 6.07) is 2.67. The van der Waals surface area contributed by atoms with Crippen LogP contribution in [0, 0.1) is 5.41 Å². The van der Waals surface area contributed by atoms with Crippen LogP contribution in [0.15, 0.2) is 22.9 Å². The summed E-state index contributed by atoms with van der Waals surface area (Å²) < 4.78 is 6.88. The lowest BCUT2D eigenvalue weighted by Crippen LogP contribution is -2.43. The molecule has 4 heteroatoms. The van der Waals surface area contributed by atoms with Crippen molar-refractivity contribution >= 4 is 15.9 Å². The van der Waals surface area contributed by atoms with Crippen molar-refractivity contribution in [3.63, 3.8) is 0 Å². The Morgan fingerprint density at radius 1 is 1.53 bits per heavy atom. The molecule has 0 saturated carbocycles. The molecule has 0 bridgehead atoms. The summed E-state index contributed by atoms with van der Waals surface area (Å²) in [7, 11) is 0. The molecular formula is C15H23BrN2O. The Balaban J connectivity index is 2.14. The zero-order valence-electron chi connectivity index (χ0n) is 11.9. The third-order valence-corrected chi connectivity index (χ3v) is 4.44. The first-order valence-electron chi connectivity index (χ1n) is 6.96. The number of hydrogen-bond acceptors (Lipinski definition) is 3. The quantitative estimate of drug-likeness (QED) is 0.902. The zero-order valence-corrected chi connectivity index (χ0v) is 13.5. The van der Waals surface area contributed by atoms with E-state index in [1.165, 1.54) is 5.56 Å². The Hall–Kier alpha value is -0.450. The van der Waals surface area contributed by atoms with Gasteiger partial charge in [0.15, 0.2) is 0 Å². The van der Waals surface area contributed by atoms with Crippen LogP contribution in [0.3, 0.4) is 0 Å². The first kappa shape index (κ1) is 14.9. The average Bonchev–Trinajstić information content (AvgIpc) is 2.69. The molecule has 2 rings (SSSR count). The molecule has 0 spiro atoms. The van der Waals surface area contributed by atoms with Gasteiger partial charge in [0.1, 0.15) is 0 Å². The zero-order chi connectivity index (χ0) is 13.9. The summed E-state index contributed by atoms with van der Waals surface area (Å²) >= 11 is 3.50. The van der Waals surface area contributed by atoms with Crippen LogP contribution in [-0.2, 0) is 11.2 Å². The van der Waals surface area contributed by atoms with Gasteiger partial charge in [0.2, 0.25) is 0 Å². The second kappa shape index (κ2) is 6.33. The number of halogens is 1. The van der Waals surface area contributed by atoms with Gasteiger partial charge in [0, 0.05) is 41.5 Å². The predicted octanol–water partition coefficient (Wildman–Crippen LogP) is 3.18. The van der Waals surface area contributed by atoms with E-state index in [-0.39, 0.29) is 11.5 Å². The lowest BCUT2D eigenvalue weighted by Gasteiger charge is -2.33. The highest BCUT2D eigenvalue weighted by Crippen LogP contribution is 2.38. The van der Waals surface area contributed by atoms with Crippen LogP contribution in [0.4, 0.5) is 0 Å². The molecule has 1 aliphatic heterocycles. The van der Waals surface area contributed by atoms with E-state index in [1.54, 1.807) is 0 Å². The minimum absolute atomic E-state index is 0.187. The van der Waals surface area contributed by atoms with Crippen LogP contribution >= 0.6 is 15.9 Å². The van der Waals surface area contributed by atoms with Crippen molar-refractivity contribution in [1.82, 2.24) is 10.3 Å². The van der Waals surface area contributed by atoms with Crippen LogP contribution < -0.4 is 5.32 Å². The average molecular weight is 327 g/mol. The van der Waals surface area contributed by atoms with Gasteiger partial charge in [-0.3, -0.25) is 4.98 Å². The van der Waals surface area contributed by atoms with Gasteiger partial charge in [-0.15, -0.1) is 0 Å². The molecule has 1 fully saturated rings. The van der Waals surface area contributed by atoms with Crippen molar-refractivity contribution in [3.05, 3.63) is 28.5 Å². The normalized spacial score (nSPS) is 27.1. The van der Waals surface area contributed by atoms with Crippen LogP contribution in [0.2, 0.25) is 0 Å². The van der Waals surface area contributed by atoms with Crippen molar-refractivity contribution in [3.8, 4) is 0 Å². The fourth-order valence-electron chi connectivity index (χ4n) is 2.71. The summed E-state index contributed by atoms with van der Waals surface area (Å²) in [5, 5.41) is 3.58. The molecule has 1 aliphatic rings. The van der Waals surface area contributed by atoms with Gasteiger partial charge >= 0.3 is 0 Å². The summed E-state index contributed by atoms with van der Waals surface area (Å²) in [5.74, 6) is 0. The first-order valence-corrected chi connectivity index (χ1v) is 7.75. The molecule has 1 N–H and O–H groups in total. The molecule has 1 aromatic rings. The third-order valence-electron chi connectivity index (χ3n) is 4.01. The van der Waals surface area contributed by atoms with E-state index in [0.717, 1.165) is 30.5 Å². The van der Waals surface area contributed by atoms with E-state index >= 15 is 0 Å². The monoisotopic (exact) mass is 326 g/mol. The lowest BCUT2D eigenvalue weighted by atomic mass is 9.76. The summed E-state index contributed by atoms with van der Waals surface area (Å²) in [6.07, 6.45) is 6.21. The standard InChI is InChI=1S/C15H23BrN2O/c1-11(2)18-10-15(4-5-19-12(15)3)7-13-6-14(16)9-17-8-13/h6,8-9,11-12,18H,4-5,7,10H2,1-3H3.